The van der Waals surface area contributed by atoms with Crippen molar-refractivity contribution in [3.05, 3.63) is 40.3 Å². The number of likely N-dealkylation sites (tertiary alicyclic amines) is 1. The van der Waals surface area contributed by atoms with E-state index in [0.29, 0.717) is 35.9 Å². The summed E-state index contributed by atoms with van der Waals surface area (Å²) in [6, 6.07) is 6.77. The molecule has 0 unspecified atom stereocenters. The highest BCUT2D eigenvalue weighted by molar-refractivity contribution is 5.97. The first-order valence-corrected chi connectivity index (χ1v) is 7.51. The Bertz CT molecular complexity index is 873. The Morgan fingerprint density at radius 1 is 1.21 bits per heavy atom. The topological polar surface area (TPSA) is 109 Å². The second-order valence-corrected chi connectivity index (χ2v) is 5.43. The highest BCUT2D eigenvalue weighted by Crippen LogP contribution is 2.13. The normalized spacial score (nSPS) is 14.2. The van der Waals surface area contributed by atoms with E-state index in [-0.39, 0.29) is 17.9 Å². The summed E-state index contributed by atoms with van der Waals surface area (Å²) in [5, 5.41) is 7.19. The van der Waals surface area contributed by atoms with Crippen LogP contribution in [0.5, 0.6) is 0 Å². The van der Waals surface area contributed by atoms with E-state index < -0.39 is 18.5 Å². The summed E-state index contributed by atoms with van der Waals surface area (Å²) in [4.78, 5) is 48.0. The van der Waals surface area contributed by atoms with Crippen LogP contribution in [0.25, 0.3) is 10.8 Å². The van der Waals surface area contributed by atoms with Gasteiger partial charge in [-0.25, -0.2) is 5.10 Å². The van der Waals surface area contributed by atoms with Crippen molar-refractivity contribution < 1.29 is 19.1 Å². The second-order valence-electron chi connectivity index (χ2n) is 5.43. The van der Waals surface area contributed by atoms with Gasteiger partial charge < -0.3 is 4.74 Å². The van der Waals surface area contributed by atoms with Gasteiger partial charge in [0.15, 0.2) is 6.61 Å². The van der Waals surface area contributed by atoms with Crippen molar-refractivity contribution in [2.45, 2.75) is 19.3 Å². The maximum Gasteiger partial charge on any atom is 0.312 e. The molecule has 8 heteroatoms. The minimum atomic E-state index is -0.653. The lowest BCUT2D eigenvalue weighted by atomic mass is 10.1. The van der Waals surface area contributed by atoms with Crippen molar-refractivity contribution in [2.24, 2.45) is 0 Å². The molecule has 0 saturated carbocycles. The molecule has 3 rings (SSSR count). The monoisotopic (exact) mass is 329 g/mol. The Labute approximate surface area is 136 Å². The van der Waals surface area contributed by atoms with E-state index in [2.05, 4.69) is 10.2 Å². The van der Waals surface area contributed by atoms with Gasteiger partial charge in [-0.2, -0.15) is 5.10 Å². The van der Waals surface area contributed by atoms with E-state index in [1.165, 1.54) is 0 Å². The molecule has 0 atom stereocenters. The number of amides is 2. The predicted molar refractivity (Wildman–Crippen MR) is 83.0 cm³/mol. The van der Waals surface area contributed by atoms with Gasteiger partial charge in [-0.1, -0.05) is 18.2 Å². The van der Waals surface area contributed by atoms with Crippen LogP contribution in [0.3, 0.4) is 0 Å². The number of ether oxygens (including phenoxy) is 1. The maximum absolute atomic E-state index is 11.9. The number of hydrogen-bond acceptors (Lipinski definition) is 6. The van der Waals surface area contributed by atoms with Gasteiger partial charge in [0.25, 0.3) is 11.5 Å². The third-order valence-electron chi connectivity index (χ3n) is 3.82. The second kappa shape index (κ2) is 6.61. The summed E-state index contributed by atoms with van der Waals surface area (Å²) < 4.78 is 4.93. The predicted octanol–water partition coefficient (Wildman–Crippen LogP) is 0.158. The van der Waals surface area contributed by atoms with E-state index in [4.69, 9.17) is 4.74 Å². The molecule has 0 aliphatic carbocycles. The Morgan fingerprint density at radius 2 is 1.96 bits per heavy atom. The number of hydrogen-bond donors (Lipinski definition) is 1. The molecule has 1 aromatic heterocycles. The summed E-state index contributed by atoms with van der Waals surface area (Å²) in [7, 11) is 0. The van der Waals surface area contributed by atoms with Crippen LogP contribution < -0.4 is 5.56 Å². The van der Waals surface area contributed by atoms with Crippen molar-refractivity contribution in [3.8, 4) is 0 Å². The molecule has 1 saturated heterocycles. The van der Waals surface area contributed by atoms with E-state index in [1.807, 2.05) is 0 Å². The number of benzene rings is 1. The zero-order chi connectivity index (χ0) is 17.1. The first kappa shape index (κ1) is 15.9. The van der Waals surface area contributed by atoms with Crippen LogP contribution in [0.2, 0.25) is 0 Å². The highest BCUT2D eigenvalue weighted by atomic mass is 16.5. The number of aromatic nitrogens is 2. The number of fused-ring (bicyclic) bond motifs is 1. The molecule has 0 radical (unpaired) electrons. The lowest BCUT2D eigenvalue weighted by molar-refractivity contribution is -0.154. The maximum atomic E-state index is 11.9. The average Bonchev–Trinajstić information content (AvgIpc) is 3.02. The minimum Gasteiger partial charge on any atom is -0.455 e. The first-order valence-electron chi connectivity index (χ1n) is 7.51. The Hall–Kier alpha value is -3.03. The van der Waals surface area contributed by atoms with Crippen molar-refractivity contribution in [1.82, 2.24) is 15.1 Å². The zero-order valence-electron chi connectivity index (χ0n) is 12.8. The van der Waals surface area contributed by atoms with E-state index in [0.717, 1.165) is 4.90 Å². The van der Waals surface area contributed by atoms with Crippen LogP contribution in [-0.4, -0.2) is 46.0 Å². The third kappa shape index (κ3) is 3.17. The molecule has 1 fully saturated rings. The summed E-state index contributed by atoms with van der Waals surface area (Å²) >= 11 is 0. The smallest absolute Gasteiger partial charge is 0.312 e. The van der Waals surface area contributed by atoms with Crippen LogP contribution in [0.15, 0.2) is 29.1 Å². The highest BCUT2D eigenvalue weighted by Gasteiger charge is 2.27. The number of imide groups is 1. The number of esters is 1. The molecule has 1 aliphatic rings. The number of aromatic amines is 1. The molecule has 1 aliphatic heterocycles. The summed E-state index contributed by atoms with van der Waals surface area (Å²) in [5.74, 6) is -1.42. The SMILES string of the molecule is O=C(Cc1n[nH]c(=O)c2ccccc12)OCC(=O)N1CCCC1=O. The van der Waals surface area contributed by atoms with Gasteiger partial charge in [0.05, 0.1) is 17.5 Å². The molecule has 0 bridgehead atoms. The number of nitrogens with one attached hydrogen (secondary N) is 1. The minimum absolute atomic E-state index is 0.182. The molecule has 1 N–H and O–H groups in total. The van der Waals surface area contributed by atoms with Gasteiger partial charge in [0, 0.05) is 18.4 Å². The average molecular weight is 329 g/mol. The molecular weight excluding hydrogens is 314 g/mol. The number of H-pyrrole nitrogens is 1. The summed E-state index contributed by atoms with van der Waals surface area (Å²) in [6.45, 7) is -0.118. The molecule has 2 aromatic rings. The fourth-order valence-electron chi connectivity index (χ4n) is 2.63. The van der Waals surface area contributed by atoms with Crippen molar-refractivity contribution >= 4 is 28.6 Å². The van der Waals surface area contributed by atoms with E-state index in [1.54, 1.807) is 24.3 Å². The van der Waals surface area contributed by atoms with Gasteiger partial charge in [0.2, 0.25) is 5.91 Å². The zero-order valence-corrected chi connectivity index (χ0v) is 12.8. The summed E-state index contributed by atoms with van der Waals surface area (Å²) in [5.41, 5.74) is 0.0188. The molecular formula is C16H15N3O5. The standard InChI is InChI=1S/C16H15N3O5/c20-13-6-3-7-19(13)14(21)9-24-15(22)8-12-10-4-1-2-5-11(10)16(23)18-17-12/h1-2,4-5H,3,6-9H2,(H,18,23). The fraction of sp³-hybridized carbons (Fsp3) is 0.312. The van der Waals surface area contributed by atoms with Crippen LogP contribution in [-0.2, 0) is 25.5 Å². The molecule has 0 spiro atoms. The third-order valence-corrected chi connectivity index (χ3v) is 3.82. The van der Waals surface area contributed by atoms with Crippen molar-refractivity contribution in [2.75, 3.05) is 13.2 Å². The molecule has 2 amide bonds. The van der Waals surface area contributed by atoms with Crippen LogP contribution in [0.1, 0.15) is 18.5 Å². The molecule has 24 heavy (non-hydrogen) atoms. The number of rotatable bonds is 4. The van der Waals surface area contributed by atoms with Crippen molar-refractivity contribution in [1.29, 1.82) is 0 Å². The van der Waals surface area contributed by atoms with Gasteiger partial charge in [-0.15, -0.1) is 0 Å². The van der Waals surface area contributed by atoms with Gasteiger partial charge in [-0.3, -0.25) is 24.1 Å². The summed E-state index contributed by atoms with van der Waals surface area (Å²) in [6.07, 6.45) is 0.789. The number of carbonyl (C=O) groups is 3. The molecule has 1 aromatic carbocycles. The lowest BCUT2D eigenvalue weighted by Crippen LogP contribution is -2.35. The van der Waals surface area contributed by atoms with Crippen LogP contribution in [0, 0.1) is 0 Å². The quantitative estimate of drug-likeness (QED) is 0.800. The molecule has 8 nitrogen and oxygen atoms in total. The Balaban J connectivity index is 1.65. The first-order chi connectivity index (χ1) is 11.6. The van der Waals surface area contributed by atoms with Gasteiger partial charge in [-0.05, 0) is 12.5 Å². The van der Waals surface area contributed by atoms with E-state index in [9.17, 15) is 19.2 Å². The fourth-order valence-corrected chi connectivity index (χ4v) is 2.63. The number of carbonyl (C=O) groups excluding carboxylic acids is 3. The molecule has 2 heterocycles. The molecule has 124 valence electrons. The van der Waals surface area contributed by atoms with Crippen molar-refractivity contribution in [3.63, 3.8) is 0 Å². The van der Waals surface area contributed by atoms with Crippen LogP contribution in [0.4, 0.5) is 0 Å². The van der Waals surface area contributed by atoms with Gasteiger partial charge in [0.1, 0.15) is 0 Å². The lowest BCUT2D eigenvalue weighted by Gasteiger charge is -2.13. The van der Waals surface area contributed by atoms with Crippen LogP contribution >= 0.6 is 0 Å². The largest absolute Gasteiger partial charge is 0.455 e. The Kier molecular flexibility index (Phi) is 4.37. The van der Waals surface area contributed by atoms with Gasteiger partial charge >= 0.3 is 5.97 Å². The van der Waals surface area contributed by atoms with E-state index >= 15 is 0 Å². The Morgan fingerprint density at radius 3 is 2.67 bits per heavy atom. The number of nitrogens with zero attached hydrogens (tertiary/aromatic N) is 2.